The molecule has 0 aliphatic carbocycles. The highest BCUT2D eigenvalue weighted by Crippen LogP contribution is 2.31. The third-order valence-electron chi connectivity index (χ3n) is 3.03. The number of hydrogen-bond donors (Lipinski definition) is 1. The van der Waals surface area contributed by atoms with Gasteiger partial charge in [-0.1, -0.05) is 17.7 Å². The average molecular weight is 370 g/mol. The molecule has 1 aromatic carbocycles. The summed E-state index contributed by atoms with van der Waals surface area (Å²) in [5.74, 6) is 0.721. The third-order valence-corrected chi connectivity index (χ3v) is 6.19. The van der Waals surface area contributed by atoms with Gasteiger partial charge in [-0.25, -0.2) is 8.42 Å². The third kappa shape index (κ3) is 3.39. The van der Waals surface area contributed by atoms with Gasteiger partial charge in [0.2, 0.25) is 5.89 Å². The lowest BCUT2D eigenvalue weighted by Crippen LogP contribution is -2.12. The van der Waals surface area contributed by atoms with E-state index in [4.69, 9.17) is 16.0 Å². The average Bonchev–Trinajstić information content (AvgIpc) is 3.11. The first-order chi connectivity index (χ1) is 10.8. The van der Waals surface area contributed by atoms with Crippen LogP contribution in [0.2, 0.25) is 5.02 Å². The van der Waals surface area contributed by atoms with Crippen LogP contribution in [-0.2, 0) is 10.0 Å². The Morgan fingerprint density at radius 1 is 1.17 bits per heavy atom. The number of rotatable bonds is 4. The van der Waals surface area contributed by atoms with Gasteiger partial charge in [0.15, 0.2) is 0 Å². The zero-order valence-corrected chi connectivity index (χ0v) is 14.6. The number of benzene rings is 1. The molecule has 0 spiro atoms. The molecule has 3 aromatic rings. The van der Waals surface area contributed by atoms with Crippen molar-refractivity contribution in [1.29, 1.82) is 0 Å². The van der Waals surface area contributed by atoms with Gasteiger partial charge in [0, 0.05) is 11.9 Å². The van der Waals surface area contributed by atoms with Crippen LogP contribution in [0.3, 0.4) is 0 Å². The Hall–Kier alpha value is -1.90. The summed E-state index contributed by atoms with van der Waals surface area (Å²) < 4.78 is 33.0. The van der Waals surface area contributed by atoms with Gasteiger partial charge in [0.25, 0.3) is 15.9 Å². The van der Waals surface area contributed by atoms with Crippen LogP contribution in [0, 0.1) is 13.8 Å². The topological polar surface area (TPSA) is 85.1 Å². The Morgan fingerprint density at radius 2 is 1.96 bits per heavy atom. The van der Waals surface area contributed by atoms with Crippen molar-refractivity contribution in [3.05, 3.63) is 46.8 Å². The predicted octanol–water partition coefficient (Wildman–Crippen LogP) is 3.87. The molecular weight excluding hydrogens is 358 g/mol. The summed E-state index contributed by atoms with van der Waals surface area (Å²) in [6.07, 6.45) is 0. The molecule has 0 radical (unpaired) electrons. The minimum absolute atomic E-state index is 0.155. The molecule has 0 saturated heterocycles. The van der Waals surface area contributed by atoms with E-state index < -0.39 is 10.0 Å². The smallest absolute Gasteiger partial charge is 0.271 e. The molecule has 0 aliphatic rings. The highest BCUT2D eigenvalue weighted by Gasteiger charge is 2.20. The van der Waals surface area contributed by atoms with E-state index in [2.05, 4.69) is 14.9 Å². The molecule has 120 valence electrons. The summed E-state index contributed by atoms with van der Waals surface area (Å²) in [6.45, 7) is 3.47. The van der Waals surface area contributed by atoms with Crippen molar-refractivity contribution >= 4 is 38.6 Å². The largest absolute Gasteiger partial charge is 0.420 e. The van der Waals surface area contributed by atoms with Gasteiger partial charge in [-0.15, -0.1) is 21.5 Å². The lowest BCUT2D eigenvalue weighted by atomic mass is 10.2. The number of aromatic nitrogens is 2. The zero-order chi connectivity index (χ0) is 16.6. The van der Waals surface area contributed by atoms with E-state index in [9.17, 15) is 8.42 Å². The first-order valence-corrected chi connectivity index (χ1v) is 9.22. The van der Waals surface area contributed by atoms with Gasteiger partial charge in [-0.05, 0) is 36.8 Å². The van der Waals surface area contributed by atoms with Gasteiger partial charge in [-0.3, -0.25) is 4.72 Å². The van der Waals surface area contributed by atoms with Crippen molar-refractivity contribution < 1.29 is 12.8 Å². The van der Waals surface area contributed by atoms with Gasteiger partial charge in [0.1, 0.15) is 4.21 Å². The number of hydrogen-bond acceptors (Lipinski definition) is 6. The summed E-state index contributed by atoms with van der Waals surface area (Å²) in [5, 5.41) is 8.08. The number of sulfonamides is 1. The summed E-state index contributed by atoms with van der Waals surface area (Å²) in [4.78, 5) is 0.591. The van der Waals surface area contributed by atoms with Crippen LogP contribution < -0.4 is 4.72 Å². The second-order valence-electron chi connectivity index (χ2n) is 4.81. The molecule has 0 unspecified atom stereocenters. The maximum absolute atomic E-state index is 12.5. The molecule has 0 fully saturated rings. The van der Waals surface area contributed by atoms with Crippen molar-refractivity contribution in [1.82, 2.24) is 10.2 Å². The molecule has 1 N–H and O–H groups in total. The maximum Gasteiger partial charge on any atom is 0.271 e. The van der Waals surface area contributed by atoms with Crippen LogP contribution in [-0.4, -0.2) is 18.6 Å². The van der Waals surface area contributed by atoms with Crippen molar-refractivity contribution in [2.75, 3.05) is 4.72 Å². The van der Waals surface area contributed by atoms with Crippen molar-refractivity contribution in [3.8, 4) is 10.8 Å². The van der Waals surface area contributed by atoms with E-state index >= 15 is 0 Å². The lowest BCUT2D eigenvalue weighted by Gasteiger charge is -2.09. The highest BCUT2D eigenvalue weighted by atomic mass is 35.5. The van der Waals surface area contributed by atoms with Crippen LogP contribution in [0.15, 0.2) is 39.0 Å². The molecular formula is C14H12ClN3O3S2. The first-order valence-electron chi connectivity index (χ1n) is 6.54. The summed E-state index contributed by atoms with van der Waals surface area (Å²) in [6, 6.07) is 8.17. The van der Waals surface area contributed by atoms with Crippen LogP contribution in [0.5, 0.6) is 0 Å². The molecule has 2 heterocycles. The molecule has 6 nitrogen and oxygen atoms in total. The van der Waals surface area contributed by atoms with E-state index in [1.807, 2.05) is 0 Å². The molecule has 0 amide bonds. The Labute approximate surface area is 142 Å². The van der Waals surface area contributed by atoms with Crippen LogP contribution >= 0.6 is 22.9 Å². The number of nitrogens with zero attached hydrogens (tertiary/aromatic N) is 2. The number of anilines is 1. The summed E-state index contributed by atoms with van der Waals surface area (Å²) >= 11 is 6.97. The van der Waals surface area contributed by atoms with Crippen LogP contribution in [0.4, 0.5) is 5.69 Å². The molecule has 9 heteroatoms. The Morgan fingerprint density at radius 3 is 2.65 bits per heavy atom. The minimum atomic E-state index is -3.71. The van der Waals surface area contributed by atoms with Crippen molar-refractivity contribution in [3.63, 3.8) is 0 Å². The van der Waals surface area contributed by atoms with Gasteiger partial charge >= 0.3 is 0 Å². The fraction of sp³-hybridized carbons (Fsp3) is 0.143. The number of thiophene rings is 1. The number of aryl methyl sites for hydroxylation is 2. The fourth-order valence-electron chi connectivity index (χ4n) is 1.87. The molecule has 0 bridgehead atoms. The van der Waals surface area contributed by atoms with Crippen molar-refractivity contribution in [2.24, 2.45) is 0 Å². The van der Waals surface area contributed by atoms with Crippen LogP contribution in [0.25, 0.3) is 10.8 Å². The second-order valence-corrected chi connectivity index (χ2v) is 8.24. The second kappa shape index (κ2) is 5.95. The van der Waals surface area contributed by atoms with E-state index in [0.717, 1.165) is 16.9 Å². The number of halogens is 1. The Balaban J connectivity index is 1.91. The lowest BCUT2D eigenvalue weighted by molar-refractivity contribution is 0.534. The highest BCUT2D eigenvalue weighted by molar-refractivity contribution is 7.94. The molecule has 0 aliphatic heterocycles. The SMILES string of the molecule is Cc1nnc(-c2ccc(S(=O)(=O)Nc3cc(Cl)ccc3C)s2)o1. The first kappa shape index (κ1) is 16.0. The van der Waals surface area contributed by atoms with Gasteiger partial charge in [-0.2, -0.15) is 0 Å². The van der Waals surface area contributed by atoms with E-state index in [0.29, 0.717) is 27.4 Å². The van der Waals surface area contributed by atoms with Crippen molar-refractivity contribution in [2.45, 2.75) is 18.1 Å². The summed E-state index contributed by atoms with van der Waals surface area (Å²) in [7, 11) is -3.71. The molecule has 0 saturated carbocycles. The standard InChI is InChI=1S/C14H12ClN3O3S2/c1-8-3-4-10(15)7-11(8)18-23(19,20)13-6-5-12(22-13)14-17-16-9(2)21-14/h3-7,18H,1-2H3. The van der Waals surface area contributed by atoms with E-state index in [1.165, 1.54) is 6.07 Å². The van der Waals surface area contributed by atoms with E-state index in [-0.39, 0.29) is 4.21 Å². The zero-order valence-electron chi connectivity index (χ0n) is 12.2. The summed E-state index contributed by atoms with van der Waals surface area (Å²) in [5.41, 5.74) is 1.23. The monoisotopic (exact) mass is 369 g/mol. The molecule has 2 aromatic heterocycles. The Kier molecular flexibility index (Phi) is 4.13. The molecule has 0 atom stereocenters. The Bertz CT molecular complexity index is 963. The van der Waals surface area contributed by atoms with Gasteiger partial charge < -0.3 is 4.42 Å². The minimum Gasteiger partial charge on any atom is -0.420 e. The maximum atomic E-state index is 12.5. The quantitative estimate of drug-likeness (QED) is 0.754. The predicted molar refractivity (Wildman–Crippen MR) is 89.3 cm³/mol. The molecule has 3 rings (SSSR count). The van der Waals surface area contributed by atoms with Gasteiger partial charge in [0.05, 0.1) is 10.6 Å². The number of nitrogens with one attached hydrogen (secondary N) is 1. The van der Waals surface area contributed by atoms with Crippen LogP contribution in [0.1, 0.15) is 11.5 Å². The fourth-order valence-corrected chi connectivity index (χ4v) is 4.40. The van der Waals surface area contributed by atoms with E-state index in [1.54, 1.807) is 38.1 Å². The normalized spacial score (nSPS) is 11.6. The molecule has 23 heavy (non-hydrogen) atoms.